The van der Waals surface area contributed by atoms with Crippen LogP contribution in [-0.2, 0) is 4.79 Å². The zero-order valence-electron chi connectivity index (χ0n) is 9.45. The molecule has 0 aromatic rings. The second-order valence-electron chi connectivity index (χ2n) is 5.61. The predicted molar refractivity (Wildman–Crippen MR) is 54.8 cm³/mol. The van der Waals surface area contributed by atoms with E-state index < -0.39 is 11.4 Å². The van der Waals surface area contributed by atoms with Crippen molar-refractivity contribution in [1.82, 2.24) is 0 Å². The monoisotopic (exact) mass is 207 g/mol. The number of nitrogens with zero attached hydrogens (tertiary/aromatic N) is 1. The zero-order chi connectivity index (χ0) is 11.4. The number of rotatable bonds is 1. The average molecular weight is 207 g/mol. The molecule has 0 amide bonds. The Labute approximate surface area is 90.1 Å². The molecular formula is C12H17NO2. The zero-order valence-corrected chi connectivity index (χ0v) is 9.45. The van der Waals surface area contributed by atoms with Crippen molar-refractivity contribution in [2.24, 2.45) is 28.6 Å². The van der Waals surface area contributed by atoms with E-state index in [4.69, 9.17) is 0 Å². The number of nitriles is 1. The maximum Gasteiger partial charge on any atom is 0.311 e. The van der Waals surface area contributed by atoms with Crippen LogP contribution in [0.3, 0.4) is 0 Å². The molecule has 2 saturated carbocycles. The minimum Gasteiger partial charge on any atom is -0.481 e. The summed E-state index contributed by atoms with van der Waals surface area (Å²) in [6, 6.07) is 2.24. The van der Waals surface area contributed by atoms with Gasteiger partial charge in [-0.1, -0.05) is 20.8 Å². The van der Waals surface area contributed by atoms with Gasteiger partial charge in [-0.15, -0.1) is 0 Å². The third kappa shape index (κ3) is 0.928. The molecule has 4 unspecified atom stereocenters. The van der Waals surface area contributed by atoms with Crippen molar-refractivity contribution in [1.29, 1.82) is 5.26 Å². The van der Waals surface area contributed by atoms with Crippen LogP contribution in [0.4, 0.5) is 0 Å². The first-order chi connectivity index (χ1) is 6.90. The minimum atomic E-state index is -0.768. The van der Waals surface area contributed by atoms with E-state index in [2.05, 4.69) is 6.07 Å². The Kier molecular flexibility index (Phi) is 1.92. The van der Waals surface area contributed by atoms with E-state index in [1.165, 1.54) is 0 Å². The fraction of sp³-hybridized carbons (Fsp3) is 0.833. The third-order valence-corrected chi connectivity index (χ3v) is 4.87. The fourth-order valence-corrected chi connectivity index (χ4v) is 3.94. The molecule has 0 spiro atoms. The number of fused-ring (bicyclic) bond motifs is 1. The highest BCUT2D eigenvalue weighted by Crippen LogP contribution is 2.77. The standard InChI is InChI=1S/C12H17NO2/c1-7-4-5-9-11(2,3)12(9,10(14)15)8(7)6-13/h7-9H,4-5H2,1-3H3,(H,14,15). The largest absolute Gasteiger partial charge is 0.481 e. The summed E-state index contributed by atoms with van der Waals surface area (Å²) in [6.07, 6.45) is 1.94. The lowest BCUT2D eigenvalue weighted by Gasteiger charge is -2.29. The molecule has 2 fully saturated rings. The minimum absolute atomic E-state index is 0.198. The number of carboxylic acids is 1. The molecule has 2 rings (SSSR count). The molecular weight excluding hydrogens is 190 g/mol. The molecule has 82 valence electrons. The SMILES string of the molecule is CC1CCC2C(C)(C)C2(C(=O)O)C1C#N. The summed E-state index contributed by atoms with van der Waals surface area (Å²) in [6.45, 7) is 5.99. The first-order valence-electron chi connectivity index (χ1n) is 5.53. The highest BCUT2D eigenvalue weighted by molar-refractivity contribution is 5.82. The van der Waals surface area contributed by atoms with Crippen molar-refractivity contribution in [2.75, 3.05) is 0 Å². The van der Waals surface area contributed by atoms with Crippen molar-refractivity contribution in [3.05, 3.63) is 0 Å². The number of hydrogen-bond donors (Lipinski definition) is 1. The van der Waals surface area contributed by atoms with Crippen LogP contribution in [0.1, 0.15) is 33.6 Å². The summed E-state index contributed by atoms with van der Waals surface area (Å²) in [5, 5.41) is 18.6. The van der Waals surface area contributed by atoms with Gasteiger partial charge in [-0.2, -0.15) is 5.26 Å². The average Bonchev–Trinajstić information content (AvgIpc) is 2.65. The number of carboxylic acid groups (broad SMARTS) is 1. The Morgan fingerprint density at radius 1 is 1.47 bits per heavy atom. The Hall–Kier alpha value is -1.04. The summed E-state index contributed by atoms with van der Waals surface area (Å²) >= 11 is 0. The van der Waals surface area contributed by atoms with E-state index in [0.29, 0.717) is 0 Å². The van der Waals surface area contributed by atoms with Crippen molar-refractivity contribution >= 4 is 5.97 Å². The fourth-order valence-electron chi connectivity index (χ4n) is 3.94. The van der Waals surface area contributed by atoms with Crippen LogP contribution in [0.2, 0.25) is 0 Å². The highest BCUT2D eigenvalue weighted by atomic mass is 16.4. The molecule has 0 radical (unpaired) electrons. The van der Waals surface area contributed by atoms with Crippen molar-refractivity contribution in [2.45, 2.75) is 33.6 Å². The van der Waals surface area contributed by atoms with E-state index >= 15 is 0 Å². The molecule has 0 bridgehead atoms. The van der Waals surface area contributed by atoms with Crippen LogP contribution < -0.4 is 0 Å². The molecule has 0 aromatic heterocycles. The number of carbonyl (C=O) groups is 1. The lowest BCUT2D eigenvalue weighted by atomic mass is 9.71. The van der Waals surface area contributed by atoms with Crippen LogP contribution in [0.25, 0.3) is 0 Å². The molecule has 3 heteroatoms. The Morgan fingerprint density at radius 2 is 2.07 bits per heavy atom. The lowest BCUT2D eigenvalue weighted by molar-refractivity contribution is -0.148. The summed E-state index contributed by atoms with van der Waals surface area (Å²) in [4.78, 5) is 11.5. The van der Waals surface area contributed by atoms with Gasteiger partial charge in [-0.25, -0.2) is 0 Å². The summed E-state index contributed by atoms with van der Waals surface area (Å²) in [7, 11) is 0. The van der Waals surface area contributed by atoms with Crippen LogP contribution in [-0.4, -0.2) is 11.1 Å². The molecule has 4 atom stereocenters. The molecule has 1 N–H and O–H groups in total. The molecule has 2 aliphatic rings. The highest BCUT2D eigenvalue weighted by Gasteiger charge is 2.80. The van der Waals surface area contributed by atoms with Crippen LogP contribution in [0.15, 0.2) is 0 Å². The molecule has 2 aliphatic carbocycles. The number of aliphatic carboxylic acids is 1. The van der Waals surface area contributed by atoms with E-state index in [1.54, 1.807) is 0 Å². The molecule has 0 saturated heterocycles. The van der Waals surface area contributed by atoms with Crippen molar-refractivity contribution < 1.29 is 9.90 Å². The Morgan fingerprint density at radius 3 is 2.47 bits per heavy atom. The lowest BCUT2D eigenvalue weighted by Crippen LogP contribution is -2.36. The predicted octanol–water partition coefficient (Wildman–Crippen LogP) is 2.28. The number of hydrogen-bond acceptors (Lipinski definition) is 2. The molecule has 3 nitrogen and oxygen atoms in total. The topological polar surface area (TPSA) is 61.1 Å². The molecule has 15 heavy (non-hydrogen) atoms. The Bertz CT molecular complexity index is 355. The molecule has 0 heterocycles. The smallest absolute Gasteiger partial charge is 0.311 e. The van der Waals surface area contributed by atoms with Gasteiger partial charge in [0.25, 0.3) is 0 Å². The van der Waals surface area contributed by atoms with Gasteiger partial charge in [0, 0.05) is 0 Å². The van der Waals surface area contributed by atoms with Crippen LogP contribution in [0, 0.1) is 39.9 Å². The summed E-state index contributed by atoms with van der Waals surface area (Å²) < 4.78 is 0. The first kappa shape index (κ1) is 10.5. The van der Waals surface area contributed by atoms with Gasteiger partial charge < -0.3 is 5.11 Å². The van der Waals surface area contributed by atoms with Gasteiger partial charge in [0.05, 0.1) is 17.4 Å². The van der Waals surface area contributed by atoms with Gasteiger partial charge in [0.15, 0.2) is 0 Å². The second-order valence-corrected chi connectivity index (χ2v) is 5.61. The third-order valence-electron chi connectivity index (χ3n) is 4.87. The van der Waals surface area contributed by atoms with Crippen molar-refractivity contribution in [3.8, 4) is 6.07 Å². The van der Waals surface area contributed by atoms with Gasteiger partial charge >= 0.3 is 5.97 Å². The summed E-state index contributed by atoms with van der Waals surface area (Å²) in [5.41, 5.74) is -0.969. The van der Waals surface area contributed by atoms with E-state index in [9.17, 15) is 15.2 Å². The van der Waals surface area contributed by atoms with Gasteiger partial charge in [-0.05, 0) is 30.1 Å². The Balaban J connectivity index is 2.47. The first-order valence-corrected chi connectivity index (χ1v) is 5.53. The van der Waals surface area contributed by atoms with Gasteiger partial charge in [-0.3, -0.25) is 4.79 Å². The molecule has 0 aliphatic heterocycles. The van der Waals surface area contributed by atoms with Crippen molar-refractivity contribution in [3.63, 3.8) is 0 Å². The summed E-state index contributed by atoms with van der Waals surface area (Å²) in [5.74, 6) is -0.674. The van der Waals surface area contributed by atoms with E-state index in [1.807, 2.05) is 20.8 Å². The maximum atomic E-state index is 11.5. The second kappa shape index (κ2) is 2.75. The quantitative estimate of drug-likeness (QED) is 0.717. The normalized spacial score (nSPS) is 46.4. The van der Waals surface area contributed by atoms with Gasteiger partial charge in [0.2, 0.25) is 0 Å². The van der Waals surface area contributed by atoms with E-state index in [0.717, 1.165) is 12.8 Å². The van der Waals surface area contributed by atoms with Crippen LogP contribution >= 0.6 is 0 Å². The van der Waals surface area contributed by atoms with Crippen LogP contribution in [0.5, 0.6) is 0 Å². The van der Waals surface area contributed by atoms with E-state index in [-0.39, 0.29) is 23.2 Å². The maximum absolute atomic E-state index is 11.5. The molecule has 0 aromatic carbocycles. The van der Waals surface area contributed by atoms with Gasteiger partial charge in [0.1, 0.15) is 0 Å².